The Bertz CT molecular complexity index is 268. The Labute approximate surface area is 76.5 Å². The van der Waals surface area contributed by atoms with E-state index in [1.165, 1.54) is 0 Å². The summed E-state index contributed by atoms with van der Waals surface area (Å²) >= 11 is 0. The largest absolute Gasteiger partial charge is 0.381 e. The molecule has 1 atom stereocenters. The summed E-state index contributed by atoms with van der Waals surface area (Å²) in [7, 11) is 0. The number of hydrogen-bond acceptors (Lipinski definition) is 5. The first-order valence-corrected chi connectivity index (χ1v) is 4.46. The van der Waals surface area contributed by atoms with Crippen LogP contribution in [0.3, 0.4) is 0 Å². The van der Waals surface area contributed by atoms with E-state index < -0.39 is 0 Å². The second-order valence-corrected chi connectivity index (χ2v) is 3.26. The minimum atomic E-state index is 0.504. The van der Waals surface area contributed by atoms with E-state index in [2.05, 4.69) is 15.5 Å². The third-order valence-corrected chi connectivity index (χ3v) is 2.09. The third-order valence-electron chi connectivity index (χ3n) is 2.09. The third kappa shape index (κ3) is 2.18. The summed E-state index contributed by atoms with van der Waals surface area (Å²) in [5.41, 5.74) is 0. The van der Waals surface area contributed by atoms with Crippen molar-refractivity contribution >= 4 is 6.01 Å². The van der Waals surface area contributed by atoms with Crippen LogP contribution in [0.2, 0.25) is 0 Å². The van der Waals surface area contributed by atoms with Crippen molar-refractivity contribution < 1.29 is 9.26 Å². The van der Waals surface area contributed by atoms with Gasteiger partial charge >= 0.3 is 6.01 Å². The number of nitrogens with zero attached hydrogens (tertiary/aromatic N) is 2. The van der Waals surface area contributed by atoms with Gasteiger partial charge in [-0.25, -0.2) is 0 Å². The summed E-state index contributed by atoms with van der Waals surface area (Å²) in [5, 5.41) is 6.77. The quantitative estimate of drug-likeness (QED) is 0.752. The van der Waals surface area contributed by atoms with Gasteiger partial charge in [-0.3, -0.25) is 0 Å². The Morgan fingerprint density at radius 3 is 3.15 bits per heavy atom. The van der Waals surface area contributed by atoms with Crippen LogP contribution in [-0.4, -0.2) is 29.9 Å². The number of aromatic nitrogens is 2. The maximum atomic E-state index is 5.24. The lowest BCUT2D eigenvalue weighted by molar-refractivity contribution is 0.187. The first kappa shape index (κ1) is 8.50. The molecule has 1 fully saturated rings. The molecule has 1 aromatic heterocycles. The highest BCUT2D eigenvalue weighted by molar-refractivity contribution is 5.17. The minimum Gasteiger partial charge on any atom is -0.381 e. The summed E-state index contributed by atoms with van der Waals surface area (Å²) in [6.45, 7) is 4.35. The molecule has 0 amide bonds. The lowest BCUT2D eigenvalue weighted by Gasteiger charge is -2.05. The van der Waals surface area contributed by atoms with Gasteiger partial charge in [0.15, 0.2) is 5.82 Å². The number of ether oxygens (including phenoxy) is 1. The van der Waals surface area contributed by atoms with Crippen molar-refractivity contribution in [2.24, 2.45) is 5.92 Å². The van der Waals surface area contributed by atoms with Crippen LogP contribution in [0.1, 0.15) is 12.2 Å². The number of hydrogen-bond donors (Lipinski definition) is 1. The van der Waals surface area contributed by atoms with Gasteiger partial charge in [-0.05, 0) is 13.3 Å². The molecule has 1 unspecified atom stereocenters. The van der Waals surface area contributed by atoms with Gasteiger partial charge in [0.1, 0.15) is 0 Å². The Morgan fingerprint density at radius 2 is 2.54 bits per heavy atom. The standard InChI is InChI=1S/C8H13N3O2/c1-6-10-8(13-11-6)9-4-7-2-3-12-5-7/h7H,2-5H2,1H3,(H,9,10,11). The molecular formula is C8H13N3O2. The molecule has 13 heavy (non-hydrogen) atoms. The van der Waals surface area contributed by atoms with Crippen LogP contribution < -0.4 is 5.32 Å². The van der Waals surface area contributed by atoms with E-state index in [1.54, 1.807) is 6.92 Å². The smallest absolute Gasteiger partial charge is 0.321 e. The first-order chi connectivity index (χ1) is 6.34. The highest BCUT2D eigenvalue weighted by Crippen LogP contribution is 2.13. The Balaban J connectivity index is 1.78. The Morgan fingerprint density at radius 1 is 1.62 bits per heavy atom. The molecule has 0 spiro atoms. The van der Waals surface area contributed by atoms with Crippen molar-refractivity contribution in [3.8, 4) is 0 Å². The van der Waals surface area contributed by atoms with Gasteiger partial charge in [-0.2, -0.15) is 4.98 Å². The average molecular weight is 183 g/mol. The zero-order chi connectivity index (χ0) is 9.10. The minimum absolute atomic E-state index is 0.504. The summed E-state index contributed by atoms with van der Waals surface area (Å²) in [4.78, 5) is 4.04. The van der Waals surface area contributed by atoms with Crippen molar-refractivity contribution in [3.63, 3.8) is 0 Å². The Kier molecular flexibility index (Phi) is 2.44. The molecule has 0 saturated carbocycles. The van der Waals surface area contributed by atoms with Crippen LogP contribution in [0.15, 0.2) is 4.52 Å². The molecule has 72 valence electrons. The van der Waals surface area contributed by atoms with E-state index >= 15 is 0 Å². The number of aryl methyl sites for hydroxylation is 1. The van der Waals surface area contributed by atoms with Gasteiger partial charge in [-0.15, -0.1) is 0 Å². The maximum absolute atomic E-state index is 5.24. The first-order valence-electron chi connectivity index (χ1n) is 4.46. The van der Waals surface area contributed by atoms with Gasteiger partial charge in [0, 0.05) is 19.1 Å². The molecule has 5 heteroatoms. The fraction of sp³-hybridized carbons (Fsp3) is 0.750. The lowest BCUT2D eigenvalue weighted by Crippen LogP contribution is -2.14. The topological polar surface area (TPSA) is 60.2 Å². The van der Waals surface area contributed by atoms with Crippen molar-refractivity contribution in [2.75, 3.05) is 25.1 Å². The number of rotatable bonds is 3. The van der Waals surface area contributed by atoms with Gasteiger partial charge in [0.25, 0.3) is 0 Å². The molecule has 1 N–H and O–H groups in total. The molecule has 1 aromatic rings. The fourth-order valence-corrected chi connectivity index (χ4v) is 1.34. The molecule has 2 heterocycles. The average Bonchev–Trinajstić information content (AvgIpc) is 2.71. The van der Waals surface area contributed by atoms with E-state index in [0.717, 1.165) is 26.2 Å². The maximum Gasteiger partial charge on any atom is 0.321 e. The van der Waals surface area contributed by atoms with Crippen LogP contribution in [0.5, 0.6) is 0 Å². The van der Waals surface area contributed by atoms with Gasteiger partial charge in [0.2, 0.25) is 0 Å². The van der Waals surface area contributed by atoms with E-state index in [-0.39, 0.29) is 0 Å². The molecule has 0 aliphatic carbocycles. The molecule has 5 nitrogen and oxygen atoms in total. The zero-order valence-electron chi connectivity index (χ0n) is 7.62. The van der Waals surface area contributed by atoms with Gasteiger partial charge in [0.05, 0.1) is 6.61 Å². The highest BCUT2D eigenvalue weighted by Gasteiger charge is 2.15. The normalized spacial score (nSPS) is 22.1. The molecular weight excluding hydrogens is 170 g/mol. The molecule has 0 radical (unpaired) electrons. The predicted octanol–water partition coefficient (Wildman–Crippen LogP) is 0.826. The van der Waals surface area contributed by atoms with Crippen molar-refractivity contribution in [2.45, 2.75) is 13.3 Å². The molecule has 1 saturated heterocycles. The summed E-state index contributed by atoms with van der Waals surface area (Å²) in [5.74, 6) is 1.23. The van der Waals surface area contributed by atoms with Crippen LogP contribution in [0.4, 0.5) is 6.01 Å². The molecule has 2 rings (SSSR count). The fourth-order valence-electron chi connectivity index (χ4n) is 1.34. The number of nitrogens with one attached hydrogen (secondary N) is 1. The SMILES string of the molecule is Cc1noc(NCC2CCOC2)n1. The van der Waals surface area contributed by atoms with Crippen LogP contribution >= 0.6 is 0 Å². The predicted molar refractivity (Wildman–Crippen MR) is 46.5 cm³/mol. The Hall–Kier alpha value is -1.10. The molecule has 1 aliphatic heterocycles. The van der Waals surface area contributed by atoms with Crippen LogP contribution in [0, 0.1) is 12.8 Å². The molecule has 0 bridgehead atoms. The van der Waals surface area contributed by atoms with Crippen LogP contribution in [-0.2, 0) is 4.74 Å². The second-order valence-electron chi connectivity index (χ2n) is 3.26. The van der Waals surface area contributed by atoms with E-state index in [1.807, 2.05) is 0 Å². The molecule has 0 aromatic carbocycles. The van der Waals surface area contributed by atoms with Crippen molar-refractivity contribution in [1.29, 1.82) is 0 Å². The zero-order valence-corrected chi connectivity index (χ0v) is 7.62. The van der Waals surface area contributed by atoms with Gasteiger partial charge < -0.3 is 14.6 Å². The van der Waals surface area contributed by atoms with E-state index in [4.69, 9.17) is 9.26 Å². The van der Waals surface area contributed by atoms with Crippen LogP contribution in [0.25, 0.3) is 0 Å². The van der Waals surface area contributed by atoms with Crippen molar-refractivity contribution in [1.82, 2.24) is 10.1 Å². The summed E-state index contributed by atoms with van der Waals surface area (Å²) in [6, 6.07) is 0.504. The monoisotopic (exact) mass is 183 g/mol. The molecule has 1 aliphatic rings. The number of anilines is 1. The lowest BCUT2D eigenvalue weighted by atomic mass is 10.1. The van der Waals surface area contributed by atoms with Crippen molar-refractivity contribution in [3.05, 3.63) is 5.82 Å². The van der Waals surface area contributed by atoms with E-state index in [9.17, 15) is 0 Å². The highest BCUT2D eigenvalue weighted by atomic mass is 16.5. The van der Waals surface area contributed by atoms with E-state index in [0.29, 0.717) is 17.8 Å². The summed E-state index contributed by atoms with van der Waals surface area (Å²) in [6.07, 6.45) is 1.11. The van der Waals surface area contributed by atoms with Gasteiger partial charge in [-0.1, -0.05) is 5.16 Å². The summed E-state index contributed by atoms with van der Waals surface area (Å²) < 4.78 is 10.2. The second kappa shape index (κ2) is 3.74.